The van der Waals surface area contributed by atoms with Gasteiger partial charge in [-0.3, -0.25) is 4.79 Å². The molecule has 1 nitrogen and oxygen atoms in total. The van der Waals surface area contributed by atoms with E-state index in [1.54, 1.807) is 0 Å². The van der Waals surface area contributed by atoms with Crippen molar-refractivity contribution in [2.75, 3.05) is 0 Å². The molecule has 0 fully saturated rings. The molecule has 3 heteroatoms. The van der Waals surface area contributed by atoms with Gasteiger partial charge < -0.3 is 0 Å². The van der Waals surface area contributed by atoms with Gasteiger partial charge in [-0.25, -0.2) is 0 Å². The molecule has 0 bridgehead atoms. The van der Waals surface area contributed by atoms with Crippen LogP contribution in [0, 0.1) is 0 Å². The molecule has 0 radical (unpaired) electrons. The Morgan fingerprint density at radius 3 is 1.86 bits per heavy atom. The van der Waals surface area contributed by atoms with E-state index in [9.17, 15) is 4.79 Å². The normalized spacial score (nSPS) is 4.71. The Bertz CT molecular complexity index is 62.7. The maximum atomic E-state index is 9.69. The van der Waals surface area contributed by atoms with E-state index in [2.05, 4.69) is 6.58 Å². The van der Waals surface area contributed by atoms with Crippen molar-refractivity contribution in [3.63, 3.8) is 0 Å². The summed E-state index contributed by atoms with van der Waals surface area (Å²) in [5.74, 6) is 0.0185. The Balaban J connectivity index is -0.0000000800. The number of rotatable bonds is 1. The van der Waals surface area contributed by atoms with Gasteiger partial charge in [0.1, 0.15) is 0 Å². The van der Waals surface area contributed by atoms with Crippen molar-refractivity contribution < 1.29 is 38.4 Å². The summed E-state index contributed by atoms with van der Waals surface area (Å²) in [5.41, 5.74) is 0. The van der Waals surface area contributed by atoms with E-state index >= 15 is 0 Å². The quantitative estimate of drug-likeness (QED) is 0.434. The fourth-order valence-electron chi connectivity index (χ4n) is 0. The topological polar surface area (TPSA) is 17.1 Å². The van der Waals surface area contributed by atoms with Crippen LogP contribution in [0.1, 0.15) is 6.92 Å². The molecule has 46 valence electrons. The molecule has 0 aliphatic heterocycles. The molecular weight excluding hydrogens is 179 g/mol. The summed E-state index contributed by atoms with van der Waals surface area (Å²) >= 11 is 0. The minimum Gasteiger partial charge on any atom is -0.295 e. The number of hydrogen-bond donors (Lipinski definition) is 0. The molecule has 0 aliphatic rings. The Morgan fingerprint density at radius 2 is 1.86 bits per heavy atom. The molecule has 0 heterocycles. The van der Waals surface area contributed by atoms with Crippen molar-refractivity contribution in [2.45, 2.75) is 6.92 Å². The molecule has 0 spiro atoms. The predicted molar refractivity (Wildman–Crippen MR) is 20.9 cm³/mol. The molecule has 0 atom stereocenters. The van der Waals surface area contributed by atoms with Crippen LogP contribution < -0.4 is 0 Å². The van der Waals surface area contributed by atoms with Crippen LogP contribution in [-0.4, -0.2) is 5.78 Å². The van der Waals surface area contributed by atoms with E-state index in [1.165, 1.54) is 13.0 Å². The Hall–Kier alpha value is 0.423. The summed E-state index contributed by atoms with van der Waals surface area (Å²) < 4.78 is 0. The molecule has 0 saturated heterocycles. The standard InChI is InChI=1S/C4H6O.Fe.Ni/c1-3-4(2)5;;/h3H,1H2,2H3;;. The van der Waals surface area contributed by atoms with Gasteiger partial charge >= 0.3 is 0 Å². The predicted octanol–water partition coefficient (Wildman–Crippen LogP) is 0.756. The average Bonchev–Trinajstić information content (AvgIpc) is 1.38. The molecule has 0 aromatic carbocycles. The summed E-state index contributed by atoms with van der Waals surface area (Å²) in [7, 11) is 0. The maximum Gasteiger partial charge on any atom is 0.152 e. The van der Waals surface area contributed by atoms with Crippen molar-refractivity contribution in [2.24, 2.45) is 0 Å². The van der Waals surface area contributed by atoms with E-state index in [1.807, 2.05) is 0 Å². The largest absolute Gasteiger partial charge is 0.295 e. The number of allylic oxidation sites excluding steroid dienone is 1. The van der Waals surface area contributed by atoms with Crippen molar-refractivity contribution in [1.82, 2.24) is 0 Å². The van der Waals surface area contributed by atoms with Crippen LogP contribution in [0.5, 0.6) is 0 Å². The maximum absolute atomic E-state index is 9.69. The summed E-state index contributed by atoms with van der Waals surface area (Å²) in [6.07, 6.45) is 1.28. The van der Waals surface area contributed by atoms with Crippen LogP contribution in [0.3, 0.4) is 0 Å². The van der Waals surface area contributed by atoms with E-state index in [0.29, 0.717) is 0 Å². The number of ketones is 1. The van der Waals surface area contributed by atoms with Gasteiger partial charge in [0.25, 0.3) is 0 Å². The first kappa shape index (κ1) is 15.7. The fraction of sp³-hybridized carbons (Fsp3) is 0.250. The minimum atomic E-state index is 0. The summed E-state index contributed by atoms with van der Waals surface area (Å²) in [4.78, 5) is 9.69. The first-order chi connectivity index (χ1) is 2.27. The number of carbonyl (C=O) groups excluding carboxylic acids is 1. The zero-order valence-corrected chi connectivity index (χ0v) is 5.95. The van der Waals surface area contributed by atoms with Gasteiger partial charge in [-0.15, -0.1) is 0 Å². The van der Waals surface area contributed by atoms with E-state index in [0.717, 1.165) is 0 Å². The van der Waals surface area contributed by atoms with E-state index in [-0.39, 0.29) is 39.3 Å². The molecule has 0 aromatic heterocycles. The Labute approximate surface area is 63.9 Å². The van der Waals surface area contributed by atoms with Crippen molar-refractivity contribution in [3.05, 3.63) is 12.7 Å². The second kappa shape index (κ2) is 9.66. The fourth-order valence-corrected chi connectivity index (χ4v) is 0. The number of carbonyl (C=O) groups is 1. The molecular formula is C4H6FeNiO. The van der Waals surface area contributed by atoms with Crippen LogP contribution in [0.4, 0.5) is 0 Å². The third kappa shape index (κ3) is 21.4. The first-order valence-electron chi connectivity index (χ1n) is 1.40. The molecule has 7 heavy (non-hydrogen) atoms. The third-order valence-corrected chi connectivity index (χ3v) is 0.287. The smallest absolute Gasteiger partial charge is 0.152 e. The zero-order chi connectivity index (χ0) is 4.28. The van der Waals surface area contributed by atoms with Crippen LogP contribution >= 0.6 is 0 Å². The van der Waals surface area contributed by atoms with Gasteiger partial charge in [-0.05, 0) is 13.0 Å². The second-order valence-electron chi connectivity index (χ2n) is 0.815. The van der Waals surface area contributed by atoms with Crippen molar-refractivity contribution >= 4 is 5.78 Å². The van der Waals surface area contributed by atoms with Gasteiger partial charge in [0.15, 0.2) is 5.78 Å². The van der Waals surface area contributed by atoms with E-state index in [4.69, 9.17) is 0 Å². The van der Waals surface area contributed by atoms with E-state index < -0.39 is 0 Å². The minimum absolute atomic E-state index is 0. The van der Waals surface area contributed by atoms with Crippen molar-refractivity contribution in [3.8, 4) is 0 Å². The molecule has 0 unspecified atom stereocenters. The Morgan fingerprint density at radius 1 is 1.71 bits per heavy atom. The molecule has 0 N–H and O–H groups in total. The SMILES string of the molecule is C=CC(C)=O.[Fe].[Ni]. The van der Waals surface area contributed by atoms with Crippen LogP contribution in [0.2, 0.25) is 0 Å². The molecule has 0 amide bonds. The molecule has 0 aromatic rings. The molecule has 0 saturated carbocycles. The Kier molecular flexibility index (Phi) is 21.6. The molecule has 0 aliphatic carbocycles. The van der Waals surface area contributed by atoms with Crippen LogP contribution in [-0.2, 0) is 38.4 Å². The van der Waals surface area contributed by atoms with Crippen LogP contribution in [0.15, 0.2) is 12.7 Å². The van der Waals surface area contributed by atoms with Crippen molar-refractivity contribution in [1.29, 1.82) is 0 Å². The van der Waals surface area contributed by atoms with Crippen LogP contribution in [0.25, 0.3) is 0 Å². The number of hydrogen-bond acceptors (Lipinski definition) is 1. The zero-order valence-electron chi connectivity index (χ0n) is 3.86. The third-order valence-electron chi connectivity index (χ3n) is 0.287. The average molecular weight is 185 g/mol. The second-order valence-corrected chi connectivity index (χ2v) is 0.815. The van der Waals surface area contributed by atoms with Gasteiger partial charge in [-0.2, -0.15) is 0 Å². The monoisotopic (exact) mass is 184 g/mol. The first-order valence-corrected chi connectivity index (χ1v) is 1.40. The summed E-state index contributed by atoms with van der Waals surface area (Å²) in [6, 6.07) is 0. The van der Waals surface area contributed by atoms with Gasteiger partial charge in [0.2, 0.25) is 0 Å². The summed E-state index contributed by atoms with van der Waals surface area (Å²) in [6.45, 7) is 4.68. The van der Waals surface area contributed by atoms with Gasteiger partial charge in [0, 0.05) is 33.6 Å². The molecule has 0 rings (SSSR count). The van der Waals surface area contributed by atoms with Gasteiger partial charge in [-0.1, -0.05) is 6.58 Å². The summed E-state index contributed by atoms with van der Waals surface area (Å²) in [5, 5.41) is 0. The van der Waals surface area contributed by atoms with Gasteiger partial charge in [0.05, 0.1) is 0 Å².